The van der Waals surface area contributed by atoms with E-state index in [0.29, 0.717) is 5.92 Å². The first-order chi connectivity index (χ1) is 9.33. The molecule has 0 radical (unpaired) electrons. The summed E-state index contributed by atoms with van der Waals surface area (Å²) in [5, 5.41) is 8.52. The van der Waals surface area contributed by atoms with Crippen molar-refractivity contribution < 1.29 is 0 Å². The van der Waals surface area contributed by atoms with Crippen LogP contribution in [0.15, 0.2) is 36.5 Å². The Kier molecular flexibility index (Phi) is 5.13. The van der Waals surface area contributed by atoms with E-state index in [-0.39, 0.29) is 0 Å². The molecule has 1 aromatic heterocycles. The summed E-state index contributed by atoms with van der Waals surface area (Å²) in [6.07, 6.45) is 7.12. The van der Waals surface area contributed by atoms with Crippen molar-refractivity contribution >= 4 is 0 Å². The third-order valence-corrected chi connectivity index (χ3v) is 3.60. The highest BCUT2D eigenvalue weighted by Crippen LogP contribution is 2.18. The van der Waals surface area contributed by atoms with Crippen LogP contribution < -0.4 is 0 Å². The first-order valence-electron chi connectivity index (χ1n) is 7.29. The van der Waals surface area contributed by atoms with Gasteiger partial charge in [-0.15, -0.1) is 5.10 Å². The zero-order chi connectivity index (χ0) is 13.5. The first kappa shape index (κ1) is 13.8. The van der Waals surface area contributed by atoms with E-state index < -0.39 is 0 Å². The average Bonchev–Trinajstić information content (AvgIpc) is 2.93. The summed E-state index contributed by atoms with van der Waals surface area (Å²) in [5.41, 5.74) is 2.10. The van der Waals surface area contributed by atoms with E-state index in [9.17, 15) is 0 Å². The number of unbranched alkanes of at least 4 members (excludes halogenated alkanes) is 1. The maximum atomic E-state index is 4.27. The molecule has 3 nitrogen and oxygen atoms in total. The van der Waals surface area contributed by atoms with Crippen molar-refractivity contribution in [2.24, 2.45) is 5.92 Å². The van der Waals surface area contributed by atoms with E-state index in [4.69, 9.17) is 0 Å². The topological polar surface area (TPSA) is 30.7 Å². The Hall–Kier alpha value is -1.64. The van der Waals surface area contributed by atoms with Crippen molar-refractivity contribution in [2.75, 3.05) is 0 Å². The van der Waals surface area contributed by atoms with Gasteiger partial charge in [0.15, 0.2) is 0 Å². The fraction of sp³-hybridized carbons (Fsp3) is 0.500. The van der Waals surface area contributed by atoms with Crippen molar-refractivity contribution in [3.8, 4) is 11.3 Å². The van der Waals surface area contributed by atoms with E-state index in [1.54, 1.807) is 0 Å². The van der Waals surface area contributed by atoms with Crippen LogP contribution in [0.4, 0.5) is 0 Å². The number of benzene rings is 1. The van der Waals surface area contributed by atoms with Crippen molar-refractivity contribution in [2.45, 2.75) is 46.1 Å². The summed E-state index contributed by atoms with van der Waals surface area (Å²) in [4.78, 5) is 0. The van der Waals surface area contributed by atoms with Crippen molar-refractivity contribution in [3.05, 3.63) is 36.5 Å². The van der Waals surface area contributed by atoms with E-state index in [1.165, 1.54) is 25.7 Å². The maximum absolute atomic E-state index is 4.27. The molecule has 1 aromatic carbocycles. The molecule has 0 aliphatic heterocycles. The van der Waals surface area contributed by atoms with Crippen LogP contribution in [0.3, 0.4) is 0 Å². The maximum Gasteiger partial charge on any atom is 0.113 e. The predicted octanol–water partition coefficient (Wildman–Crippen LogP) is 4.16. The van der Waals surface area contributed by atoms with E-state index in [0.717, 1.165) is 17.8 Å². The van der Waals surface area contributed by atoms with Gasteiger partial charge in [-0.25, -0.2) is 0 Å². The minimum atomic E-state index is 0.713. The summed E-state index contributed by atoms with van der Waals surface area (Å²) in [6.45, 7) is 5.49. The lowest BCUT2D eigenvalue weighted by Crippen LogP contribution is -2.10. The van der Waals surface area contributed by atoms with Gasteiger partial charge in [0.25, 0.3) is 0 Å². The second kappa shape index (κ2) is 7.07. The van der Waals surface area contributed by atoms with Gasteiger partial charge in [-0.05, 0) is 12.3 Å². The first-order valence-corrected chi connectivity index (χ1v) is 7.29. The van der Waals surface area contributed by atoms with Crippen molar-refractivity contribution in [3.63, 3.8) is 0 Å². The van der Waals surface area contributed by atoms with E-state index in [1.807, 2.05) is 22.9 Å². The van der Waals surface area contributed by atoms with Gasteiger partial charge in [-0.1, -0.05) is 68.7 Å². The molecule has 3 heteroatoms. The number of hydrogen-bond acceptors (Lipinski definition) is 2. The Morgan fingerprint density at radius 1 is 1.16 bits per heavy atom. The highest BCUT2D eigenvalue weighted by atomic mass is 15.4. The molecule has 0 amide bonds. The van der Waals surface area contributed by atoms with Crippen molar-refractivity contribution in [1.82, 2.24) is 15.0 Å². The normalized spacial score (nSPS) is 12.5. The molecule has 0 N–H and O–H groups in total. The number of nitrogens with zero attached hydrogens (tertiary/aromatic N) is 3. The van der Waals surface area contributed by atoms with Crippen LogP contribution in [0, 0.1) is 5.92 Å². The molecule has 2 aromatic rings. The second-order valence-electron chi connectivity index (χ2n) is 5.11. The van der Waals surface area contributed by atoms with Gasteiger partial charge in [-0.3, -0.25) is 4.68 Å². The number of rotatable bonds is 7. The van der Waals surface area contributed by atoms with Gasteiger partial charge in [0.2, 0.25) is 0 Å². The van der Waals surface area contributed by atoms with Crippen LogP contribution in [0.1, 0.15) is 39.5 Å². The smallest absolute Gasteiger partial charge is 0.113 e. The fourth-order valence-corrected chi connectivity index (χ4v) is 2.31. The Labute approximate surface area is 115 Å². The minimum Gasteiger partial charge on any atom is -0.252 e. The lowest BCUT2D eigenvalue weighted by Gasteiger charge is -2.13. The second-order valence-corrected chi connectivity index (χ2v) is 5.11. The molecule has 19 heavy (non-hydrogen) atoms. The van der Waals surface area contributed by atoms with Crippen LogP contribution in [0.25, 0.3) is 11.3 Å². The molecule has 1 heterocycles. The highest BCUT2D eigenvalue weighted by Gasteiger charge is 2.09. The average molecular weight is 257 g/mol. The number of aromatic nitrogens is 3. The van der Waals surface area contributed by atoms with Crippen molar-refractivity contribution in [1.29, 1.82) is 0 Å². The summed E-state index contributed by atoms with van der Waals surface area (Å²) in [5.74, 6) is 0.713. The molecule has 0 bridgehead atoms. The molecule has 2 rings (SSSR count). The third-order valence-electron chi connectivity index (χ3n) is 3.60. The summed E-state index contributed by atoms with van der Waals surface area (Å²) in [6, 6.07) is 10.2. The quantitative estimate of drug-likeness (QED) is 0.745. The highest BCUT2D eigenvalue weighted by molar-refractivity contribution is 5.57. The molecule has 0 saturated heterocycles. The molecule has 1 unspecified atom stereocenters. The molecular formula is C16H23N3. The standard InChI is InChI=1S/C16H23N3/c1-3-5-9-14(4-2)12-19-13-16(17-18-19)15-10-7-6-8-11-15/h6-8,10-11,13-14H,3-5,9,12H2,1-2H3. The van der Waals surface area contributed by atoms with Gasteiger partial charge in [0.1, 0.15) is 5.69 Å². The van der Waals surface area contributed by atoms with Crippen LogP contribution in [-0.2, 0) is 6.54 Å². The molecule has 1 atom stereocenters. The third kappa shape index (κ3) is 3.91. The molecule has 0 spiro atoms. The summed E-state index contributed by atoms with van der Waals surface area (Å²) >= 11 is 0. The number of hydrogen-bond donors (Lipinski definition) is 0. The van der Waals surface area contributed by atoms with Crippen LogP contribution in [0.2, 0.25) is 0 Å². The Balaban J connectivity index is 2.01. The largest absolute Gasteiger partial charge is 0.252 e. The summed E-state index contributed by atoms with van der Waals surface area (Å²) in [7, 11) is 0. The molecule has 0 aliphatic carbocycles. The van der Waals surface area contributed by atoms with Crippen LogP contribution in [-0.4, -0.2) is 15.0 Å². The molecule has 0 saturated carbocycles. The summed E-state index contributed by atoms with van der Waals surface area (Å²) < 4.78 is 1.99. The molecule has 0 fully saturated rings. The monoisotopic (exact) mass is 257 g/mol. The Morgan fingerprint density at radius 3 is 2.63 bits per heavy atom. The van der Waals surface area contributed by atoms with Gasteiger partial charge >= 0.3 is 0 Å². The Morgan fingerprint density at radius 2 is 1.95 bits per heavy atom. The minimum absolute atomic E-state index is 0.713. The fourth-order valence-electron chi connectivity index (χ4n) is 2.31. The lowest BCUT2D eigenvalue weighted by atomic mass is 9.99. The zero-order valence-corrected chi connectivity index (χ0v) is 11.9. The van der Waals surface area contributed by atoms with Crippen LogP contribution in [0.5, 0.6) is 0 Å². The van der Waals surface area contributed by atoms with Gasteiger partial charge in [0.05, 0.1) is 6.20 Å². The van der Waals surface area contributed by atoms with Gasteiger partial charge in [-0.2, -0.15) is 0 Å². The molecular weight excluding hydrogens is 234 g/mol. The lowest BCUT2D eigenvalue weighted by molar-refractivity contribution is 0.368. The predicted molar refractivity (Wildman–Crippen MR) is 78.8 cm³/mol. The van der Waals surface area contributed by atoms with Gasteiger partial charge < -0.3 is 0 Å². The molecule has 0 aliphatic rings. The SMILES string of the molecule is CCCCC(CC)Cn1cc(-c2ccccc2)nn1. The zero-order valence-electron chi connectivity index (χ0n) is 11.9. The Bertz CT molecular complexity index is 476. The molecule has 102 valence electrons. The van der Waals surface area contributed by atoms with E-state index in [2.05, 4.69) is 42.5 Å². The van der Waals surface area contributed by atoms with Crippen LogP contribution >= 0.6 is 0 Å². The van der Waals surface area contributed by atoms with Gasteiger partial charge in [0, 0.05) is 12.1 Å². The van der Waals surface area contributed by atoms with E-state index >= 15 is 0 Å².